The van der Waals surface area contributed by atoms with Crippen molar-refractivity contribution in [3.63, 3.8) is 0 Å². The summed E-state index contributed by atoms with van der Waals surface area (Å²) in [4.78, 5) is 17.2. The lowest BCUT2D eigenvalue weighted by Gasteiger charge is -2.17. The Kier molecular flexibility index (Phi) is 5.62. The summed E-state index contributed by atoms with van der Waals surface area (Å²) < 4.78 is 0.770. The van der Waals surface area contributed by atoms with E-state index in [0.29, 0.717) is 27.1 Å². The summed E-state index contributed by atoms with van der Waals surface area (Å²) in [5.74, 6) is -0.145. The second kappa shape index (κ2) is 8.31. The van der Waals surface area contributed by atoms with Crippen LogP contribution in [0, 0.1) is 0 Å². The third-order valence-corrected chi connectivity index (χ3v) is 6.22. The third kappa shape index (κ3) is 4.04. The Bertz CT molecular complexity index is 1040. The van der Waals surface area contributed by atoms with E-state index in [2.05, 4.69) is 10.3 Å². The number of hydrogen-bond donors (Lipinski definition) is 1. The van der Waals surface area contributed by atoms with Crippen LogP contribution in [0.5, 0.6) is 0 Å². The fourth-order valence-corrected chi connectivity index (χ4v) is 4.59. The van der Waals surface area contributed by atoms with Crippen LogP contribution in [-0.4, -0.2) is 10.9 Å². The molecular formula is C22H16Cl2N2OS. The van der Waals surface area contributed by atoms with E-state index in [-0.39, 0.29) is 11.8 Å². The SMILES string of the molecule is O=C(CC(c1ccccc1)c1ccccc1)Nc1nc2c(Cl)ccc(Cl)c2s1. The summed E-state index contributed by atoms with van der Waals surface area (Å²) in [5.41, 5.74) is 2.80. The topological polar surface area (TPSA) is 42.0 Å². The standard InChI is InChI=1S/C22H16Cl2N2OS/c23-17-11-12-18(24)21-20(17)26-22(28-21)25-19(27)13-16(14-7-3-1-4-8-14)15-9-5-2-6-10-15/h1-12,16H,13H2,(H,25,26,27). The molecule has 4 aromatic rings. The molecule has 3 aromatic carbocycles. The summed E-state index contributed by atoms with van der Waals surface area (Å²) in [6.45, 7) is 0. The Labute approximate surface area is 177 Å². The van der Waals surface area contributed by atoms with Crippen LogP contribution in [0.4, 0.5) is 5.13 Å². The molecule has 0 aliphatic heterocycles. The molecule has 1 heterocycles. The summed E-state index contributed by atoms with van der Waals surface area (Å²) in [6, 6.07) is 23.5. The minimum atomic E-state index is -0.107. The lowest BCUT2D eigenvalue weighted by atomic mass is 9.88. The van der Waals surface area contributed by atoms with Crippen LogP contribution < -0.4 is 5.32 Å². The van der Waals surface area contributed by atoms with E-state index in [1.54, 1.807) is 12.1 Å². The van der Waals surface area contributed by atoms with Crippen LogP contribution in [0.25, 0.3) is 10.2 Å². The number of carbonyl (C=O) groups excluding carboxylic acids is 1. The van der Waals surface area contributed by atoms with E-state index in [1.807, 2.05) is 60.7 Å². The van der Waals surface area contributed by atoms with Crippen molar-refractivity contribution in [3.05, 3.63) is 94.0 Å². The highest BCUT2D eigenvalue weighted by Crippen LogP contribution is 2.36. The van der Waals surface area contributed by atoms with Crippen molar-refractivity contribution in [1.29, 1.82) is 0 Å². The first-order chi connectivity index (χ1) is 13.6. The number of nitrogens with one attached hydrogen (secondary N) is 1. The van der Waals surface area contributed by atoms with Gasteiger partial charge in [0.15, 0.2) is 5.13 Å². The van der Waals surface area contributed by atoms with Gasteiger partial charge < -0.3 is 5.32 Å². The molecule has 1 N–H and O–H groups in total. The largest absolute Gasteiger partial charge is 0.302 e. The predicted molar refractivity (Wildman–Crippen MR) is 118 cm³/mol. The monoisotopic (exact) mass is 426 g/mol. The summed E-state index contributed by atoms with van der Waals surface area (Å²) >= 11 is 13.7. The lowest BCUT2D eigenvalue weighted by Crippen LogP contribution is -2.16. The van der Waals surface area contributed by atoms with Gasteiger partial charge in [0, 0.05) is 12.3 Å². The Morgan fingerprint density at radius 1 is 0.893 bits per heavy atom. The first-order valence-electron chi connectivity index (χ1n) is 8.76. The highest BCUT2D eigenvalue weighted by atomic mass is 35.5. The second-order valence-electron chi connectivity index (χ2n) is 6.35. The second-order valence-corrected chi connectivity index (χ2v) is 8.17. The molecule has 6 heteroatoms. The van der Waals surface area contributed by atoms with Gasteiger partial charge in [-0.1, -0.05) is 95.2 Å². The van der Waals surface area contributed by atoms with Gasteiger partial charge in [0.2, 0.25) is 5.91 Å². The molecule has 0 atom stereocenters. The molecule has 0 fully saturated rings. The number of anilines is 1. The Morgan fingerprint density at radius 2 is 1.46 bits per heavy atom. The maximum atomic E-state index is 12.8. The van der Waals surface area contributed by atoms with Crippen LogP contribution in [0.1, 0.15) is 23.5 Å². The fourth-order valence-electron chi connectivity index (χ4n) is 3.15. The number of halogens is 2. The molecule has 0 spiro atoms. The Hall–Kier alpha value is -2.40. The fraction of sp³-hybridized carbons (Fsp3) is 0.0909. The number of aromatic nitrogens is 1. The van der Waals surface area contributed by atoms with Crippen molar-refractivity contribution in [2.24, 2.45) is 0 Å². The molecule has 140 valence electrons. The van der Waals surface area contributed by atoms with E-state index >= 15 is 0 Å². The lowest BCUT2D eigenvalue weighted by molar-refractivity contribution is -0.116. The zero-order valence-electron chi connectivity index (χ0n) is 14.7. The summed E-state index contributed by atoms with van der Waals surface area (Å²) in [6.07, 6.45) is 0.311. The van der Waals surface area contributed by atoms with E-state index < -0.39 is 0 Å². The summed E-state index contributed by atoms with van der Waals surface area (Å²) in [7, 11) is 0. The Morgan fingerprint density at radius 3 is 2.04 bits per heavy atom. The van der Waals surface area contributed by atoms with Crippen LogP contribution in [0.3, 0.4) is 0 Å². The van der Waals surface area contributed by atoms with Crippen molar-refractivity contribution in [3.8, 4) is 0 Å². The number of amides is 1. The first-order valence-corrected chi connectivity index (χ1v) is 10.3. The van der Waals surface area contributed by atoms with E-state index in [4.69, 9.17) is 23.2 Å². The van der Waals surface area contributed by atoms with Crippen LogP contribution in [-0.2, 0) is 4.79 Å². The molecule has 28 heavy (non-hydrogen) atoms. The zero-order chi connectivity index (χ0) is 19.5. The smallest absolute Gasteiger partial charge is 0.227 e. The van der Waals surface area contributed by atoms with Crippen molar-refractivity contribution in [2.75, 3.05) is 5.32 Å². The van der Waals surface area contributed by atoms with E-state index in [0.717, 1.165) is 15.8 Å². The molecular weight excluding hydrogens is 411 g/mol. The van der Waals surface area contributed by atoms with Gasteiger partial charge in [-0.05, 0) is 23.3 Å². The molecule has 0 unspecified atom stereocenters. The third-order valence-electron chi connectivity index (χ3n) is 4.49. The van der Waals surface area contributed by atoms with Gasteiger partial charge in [0.05, 0.1) is 14.7 Å². The molecule has 1 amide bonds. The number of rotatable bonds is 5. The maximum Gasteiger partial charge on any atom is 0.227 e. The molecule has 0 aliphatic carbocycles. The highest BCUT2D eigenvalue weighted by molar-refractivity contribution is 7.23. The Balaban J connectivity index is 1.59. The highest BCUT2D eigenvalue weighted by Gasteiger charge is 2.19. The van der Waals surface area contributed by atoms with Crippen molar-refractivity contribution < 1.29 is 4.79 Å². The number of benzene rings is 3. The van der Waals surface area contributed by atoms with E-state index in [1.165, 1.54) is 11.3 Å². The van der Waals surface area contributed by atoms with Gasteiger partial charge in [-0.15, -0.1) is 0 Å². The molecule has 0 radical (unpaired) electrons. The first kappa shape index (κ1) is 18.9. The molecule has 1 aromatic heterocycles. The molecule has 0 saturated heterocycles. The average molecular weight is 427 g/mol. The maximum absolute atomic E-state index is 12.8. The molecule has 0 aliphatic rings. The number of carbonyl (C=O) groups is 1. The molecule has 0 saturated carbocycles. The van der Waals surface area contributed by atoms with Crippen molar-refractivity contribution in [2.45, 2.75) is 12.3 Å². The summed E-state index contributed by atoms with van der Waals surface area (Å²) in [5, 5.41) is 4.49. The predicted octanol–water partition coefficient (Wildman–Crippen LogP) is 6.76. The quantitative estimate of drug-likeness (QED) is 0.382. The minimum Gasteiger partial charge on any atom is -0.302 e. The van der Waals surface area contributed by atoms with Crippen molar-refractivity contribution >= 4 is 55.8 Å². The zero-order valence-corrected chi connectivity index (χ0v) is 17.1. The molecule has 0 bridgehead atoms. The average Bonchev–Trinajstić information content (AvgIpc) is 3.15. The number of hydrogen-bond acceptors (Lipinski definition) is 3. The molecule has 3 nitrogen and oxygen atoms in total. The minimum absolute atomic E-state index is 0.0380. The number of nitrogens with zero attached hydrogens (tertiary/aromatic N) is 1. The number of thiazole rings is 1. The van der Waals surface area contributed by atoms with Gasteiger partial charge >= 0.3 is 0 Å². The van der Waals surface area contributed by atoms with Crippen LogP contribution >= 0.6 is 34.5 Å². The normalized spacial score (nSPS) is 11.1. The van der Waals surface area contributed by atoms with E-state index in [9.17, 15) is 4.79 Å². The van der Waals surface area contributed by atoms with Gasteiger partial charge in [0.25, 0.3) is 0 Å². The van der Waals surface area contributed by atoms with Crippen LogP contribution in [0.2, 0.25) is 10.0 Å². The van der Waals surface area contributed by atoms with Gasteiger partial charge in [-0.25, -0.2) is 4.98 Å². The van der Waals surface area contributed by atoms with Crippen LogP contribution in [0.15, 0.2) is 72.8 Å². The molecule has 4 rings (SSSR count). The van der Waals surface area contributed by atoms with Crippen molar-refractivity contribution in [1.82, 2.24) is 4.98 Å². The van der Waals surface area contributed by atoms with Gasteiger partial charge in [-0.2, -0.15) is 0 Å². The van der Waals surface area contributed by atoms with Gasteiger partial charge in [0.1, 0.15) is 5.52 Å². The van der Waals surface area contributed by atoms with Gasteiger partial charge in [-0.3, -0.25) is 4.79 Å². The number of fused-ring (bicyclic) bond motifs is 1.